The molecule has 0 saturated carbocycles. The molecule has 0 unspecified atom stereocenters. The molecule has 1 aliphatic heterocycles. The highest BCUT2D eigenvalue weighted by molar-refractivity contribution is 5.94. The summed E-state index contributed by atoms with van der Waals surface area (Å²) in [4.78, 5) is 13.9. The van der Waals surface area contributed by atoms with E-state index >= 15 is 0 Å². The van der Waals surface area contributed by atoms with Crippen molar-refractivity contribution in [1.29, 1.82) is 0 Å². The smallest absolute Gasteiger partial charge is 0.253 e. The highest BCUT2D eigenvalue weighted by Crippen LogP contribution is 2.18. The lowest BCUT2D eigenvalue weighted by Gasteiger charge is -2.15. The standard InChI is InChI=1S/C18H19NO3/c20-16-10-11-19(12-16)18(21)15-6-8-17(9-7-15)22-13-14-4-2-1-3-5-14/h1-9,16,20H,10-13H2/t16-/m1/s1. The summed E-state index contributed by atoms with van der Waals surface area (Å²) in [5.41, 5.74) is 1.73. The Kier molecular flexibility index (Phi) is 4.39. The van der Waals surface area contributed by atoms with E-state index in [-0.39, 0.29) is 5.91 Å². The van der Waals surface area contributed by atoms with Gasteiger partial charge in [-0.1, -0.05) is 30.3 Å². The molecule has 3 rings (SSSR count). The van der Waals surface area contributed by atoms with E-state index in [4.69, 9.17) is 4.74 Å². The number of benzene rings is 2. The maximum Gasteiger partial charge on any atom is 0.253 e. The summed E-state index contributed by atoms with van der Waals surface area (Å²) in [6.07, 6.45) is 0.265. The Morgan fingerprint density at radius 1 is 1.14 bits per heavy atom. The van der Waals surface area contributed by atoms with E-state index in [2.05, 4.69) is 0 Å². The Morgan fingerprint density at radius 3 is 2.50 bits per heavy atom. The van der Waals surface area contributed by atoms with Crippen LogP contribution in [0.3, 0.4) is 0 Å². The minimum absolute atomic E-state index is 0.0360. The maximum absolute atomic E-state index is 12.3. The van der Waals surface area contributed by atoms with Gasteiger partial charge in [-0.15, -0.1) is 0 Å². The van der Waals surface area contributed by atoms with Crippen molar-refractivity contribution >= 4 is 5.91 Å². The third kappa shape index (κ3) is 3.46. The van der Waals surface area contributed by atoms with Crippen molar-refractivity contribution in [1.82, 2.24) is 4.90 Å². The van der Waals surface area contributed by atoms with Gasteiger partial charge < -0.3 is 14.7 Å². The third-order valence-corrected chi connectivity index (χ3v) is 3.80. The van der Waals surface area contributed by atoms with E-state index < -0.39 is 6.10 Å². The van der Waals surface area contributed by atoms with Crippen LogP contribution in [0.15, 0.2) is 54.6 Å². The molecule has 114 valence electrons. The van der Waals surface area contributed by atoms with Gasteiger partial charge in [0.05, 0.1) is 6.10 Å². The van der Waals surface area contributed by atoms with Gasteiger partial charge in [-0.2, -0.15) is 0 Å². The molecule has 1 saturated heterocycles. The Morgan fingerprint density at radius 2 is 1.86 bits per heavy atom. The number of hydrogen-bond acceptors (Lipinski definition) is 3. The largest absolute Gasteiger partial charge is 0.489 e. The van der Waals surface area contributed by atoms with Crippen LogP contribution in [0, 0.1) is 0 Å². The molecule has 1 aliphatic rings. The summed E-state index contributed by atoms with van der Waals surface area (Å²) >= 11 is 0. The fraction of sp³-hybridized carbons (Fsp3) is 0.278. The van der Waals surface area contributed by atoms with Crippen molar-refractivity contribution in [3.63, 3.8) is 0 Å². The molecular weight excluding hydrogens is 278 g/mol. The lowest BCUT2D eigenvalue weighted by Crippen LogP contribution is -2.29. The van der Waals surface area contributed by atoms with Crippen molar-refractivity contribution in [2.75, 3.05) is 13.1 Å². The van der Waals surface area contributed by atoms with Gasteiger partial charge in [0, 0.05) is 18.7 Å². The maximum atomic E-state index is 12.3. The van der Waals surface area contributed by atoms with Gasteiger partial charge >= 0.3 is 0 Å². The van der Waals surface area contributed by atoms with Crippen molar-refractivity contribution in [2.24, 2.45) is 0 Å². The zero-order valence-corrected chi connectivity index (χ0v) is 12.3. The normalized spacial score (nSPS) is 17.5. The molecule has 1 atom stereocenters. The SMILES string of the molecule is O=C(c1ccc(OCc2ccccc2)cc1)N1CC[C@@H](O)C1. The molecule has 1 N–H and O–H groups in total. The molecule has 0 aromatic heterocycles. The molecule has 2 aromatic rings. The molecule has 0 bridgehead atoms. The number of ether oxygens (including phenoxy) is 1. The first-order valence-electron chi connectivity index (χ1n) is 7.46. The molecule has 2 aromatic carbocycles. The molecule has 1 amide bonds. The third-order valence-electron chi connectivity index (χ3n) is 3.80. The van der Waals surface area contributed by atoms with Crippen LogP contribution in [0.5, 0.6) is 5.75 Å². The van der Waals surface area contributed by atoms with E-state index in [1.165, 1.54) is 0 Å². The zero-order valence-electron chi connectivity index (χ0n) is 12.3. The monoisotopic (exact) mass is 297 g/mol. The van der Waals surface area contributed by atoms with E-state index in [1.807, 2.05) is 42.5 Å². The van der Waals surface area contributed by atoms with Gasteiger partial charge in [-0.25, -0.2) is 0 Å². The Labute approximate surface area is 130 Å². The number of nitrogens with zero attached hydrogens (tertiary/aromatic N) is 1. The molecule has 4 heteroatoms. The van der Waals surface area contributed by atoms with Gasteiger partial charge in [-0.3, -0.25) is 4.79 Å². The van der Waals surface area contributed by atoms with Crippen molar-refractivity contribution in [3.8, 4) is 5.75 Å². The number of carbonyl (C=O) groups is 1. The predicted molar refractivity (Wildman–Crippen MR) is 83.7 cm³/mol. The van der Waals surface area contributed by atoms with Crippen LogP contribution in [0.4, 0.5) is 0 Å². The zero-order chi connectivity index (χ0) is 15.4. The highest BCUT2D eigenvalue weighted by Gasteiger charge is 2.25. The second-order valence-electron chi connectivity index (χ2n) is 5.49. The number of aliphatic hydroxyl groups excluding tert-OH is 1. The summed E-state index contributed by atoms with van der Waals surface area (Å²) in [5, 5.41) is 9.50. The van der Waals surface area contributed by atoms with E-state index in [1.54, 1.807) is 17.0 Å². The van der Waals surface area contributed by atoms with Crippen molar-refractivity contribution in [2.45, 2.75) is 19.1 Å². The first kappa shape index (κ1) is 14.6. The van der Waals surface area contributed by atoms with Crippen molar-refractivity contribution < 1.29 is 14.6 Å². The topological polar surface area (TPSA) is 49.8 Å². The summed E-state index contributed by atoms with van der Waals surface area (Å²) in [6.45, 7) is 1.55. The van der Waals surface area contributed by atoms with Gasteiger partial charge in [0.1, 0.15) is 12.4 Å². The van der Waals surface area contributed by atoms with E-state index in [0.717, 1.165) is 11.3 Å². The van der Waals surface area contributed by atoms with Crippen LogP contribution < -0.4 is 4.74 Å². The average Bonchev–Trinajstić information content (AvgIpc) is 3.00. The van der Waals surface area contributed by atoms with Crippen LogP contribution in [0.25, 0.3) is 0 Å². The second kappa shape index (κ2) is 6.62. The van der Waals surface area contributed by atoms with Crippen LogP contribution in [0.2, 0.25) is 0 Å². The molecular formula is C18H19NO3. The van der Waals surface area contributed by atoms with Gasteiger partial charge in [0.15, 0.2) is 0 Å². The van der Waals surface area contributed by atoms with Gasteiger partial charge in [0.25, 0.3) is 5.91 Å². The fourth-order valence-corrected chi connectivity index (χ4v) is 2.54. The summed E-state index contributed by atoms with van der Waals surface area (Å²) < 4.78 is 5.70. The molecule has 0 radical (unpaired) electrons. The Balaban J connectivity index is 1.59. The number of carbonyl (C=O) groups excluding carboxylic acids is 1. The van der Waals surface area contributed by atoms with Gasteiger partial charge in [-0.05, 0) is 36.2 Å². The van der Waals surface area contributed by atoms with E-state index in [9.17, 15) is 9.90 Å². The summed E-state index contributed by atoms with van der Waals surface area (Å²) in [5.74, 6) is 0.702. The van der Waals surface area contributed by atoms with Crippen LogP contribution in [-0.2, 0) is 6.61 Å². The quantitative estimate of drug-likeness (QED) is 0.943. The second-order valence-corrected chi connectivity index (χ2v) is 5.49. The first-order chi connectivity index (χ1) is 10.7. The molecule has 1 heterocycles. The number of aliphatic hydroxyl groups is 1. The van der Waals surface area contributed by atoms with Crippen LogP contribution >= 0.6 is 0 Å². The number of hydrogen-bond donors (Lipinski definition) is 1. The summed E-state index contributed by atoms with van der Waals surface area (Å²) in [7, 11) is 0. The first-order valence-corrected chi connectivity index (χ1v) is 7.46. The Hall–Kier alpha value is -2.33. The molecule has 1 fully saturated rings. The predicted octanol–water partition coefficient (Wildman–Crippen LogP) is 2.47. The number of rotatable bonds is 4. The highest BCUT2D eigenvalue weighted by atomic mass is 16.5. The van der Waals surface area contributed by atoms with Crippen LogP contribution in [-0.4, -0.2) is 35.1 Å². The van der Waals surface area contributed by atoms with Crippen LogP contribution in [0.1, 0.15) is 22.3 Å². The number of β-amino-alcohol motifs (C(OH)–C–C–N with tert-alkyl or cyclic N) is 1. The molecule has 0 spiro atoms. The number of likely N-dealkylation sites (tertiary alicyclic amines) is 1. The van der Waals surface area contributed by atoms with Crippen molar-refractivity contribution in [3.05, 3.63) is 65.7 Å². The Bertz CT molecular complexity index is 625. The molecule has 4 nitrogen and oxygen atoms in total. The van der Waals surface area contributed by atoms with Gasteiger partial charge in [0.2, 0.25) is 0 Å². The summed E-state index contributed by atoms with van der Waals surface area (Å²) in [6, 6.07) is 17.1. The minimum atomic E-state index is -0.391. The average molecular weight is 297 g/mol. The minimum Gasteiger partial charge on any atom is -0.489 e. The molecule has 22 heavy (non-hydrogen) atoms. The number of amides is 1. The lowest BCUT2D eigenvalue weighted by molar-refractivity contribution is 0.0765. The lowest BCUT2D eigenvalue weighted by atomic mass is 10.2. The van der Waals surface area contributed by atoms with E-state index in [0.29, 0.717) is 31.7 Å². The fourth-order valence-electron chi connectivity index (χ4n) is 2.54. The molecule has 0 aliphatic carbocycles.